The number of rotatable bonds is 7. The van der Waals surface area contributed by atoms with Gasteiger partial charge in [-0.3, -0.25) is 4.90 Å². The van der Waals surface area contributed by atoms with Crippen LogP contribution in [0.5, 0.6) is 5.75 Å². The first-order valence-corrected chi connectivity index (χ1v) is 6.25. The summed E-state index contributed by atoms with van der Waals surface area (Å²) in [6.45, 7) is 6.54. The molecule has 0 aliphatic heterocycles. The van der Waals surface area contributed by atoms with Crippen LogP contribution in [0.25, 0.3) is 0 Å². The van der Waals surface area contributed by atoms with E-state index in [4.69, 9.17) is 15.2 Å². The Labute approximate surface area is 110 Å². The molecule has 1 rings (SSSR count). The van der Waals surface area contributed by atoms with Crippen molar-refractivity contribution in [3.63, 3.8) is 0 Å². The third-order valence-corrected chi connectivity index (χ3v) is 2.72. The highest BCUT2D eigenvalue weighted by atomic mass is 16.5. The minimum absolute atomic E-state index is 0.282. The molecule has 4 heteroatoms. The van der Waals surface area contributed by atoms with Crippen LogP contribution in [0, 0.1) is 0 Å². The van der Waals surface area contributed by atoms with Crippen LogP contribution < -0.4 is 10.5 Å². The van der Waals surface area contributed by atoms with Crippen LogP contribution in [0.3, 0.4) is 0 Å². The van der Waals surface area contributed by atoms with Gasteiger partial charge in [0.1, 0.15) is 5.75 Å². The standard InChI is InChI=1S/C14H24N2O2/c1-11(2)18-8-7-16(3)10-12-5-6-13(17-4)9-14(12)15/h5-6,9,11H,7-8,10,15H2,1-4H3. The number of nitrogens with two attached hydrogens (primary N) is 1. The van der Waals surface area contributed by atoms with Crippen LogP contribution in [0.2, 0.25) is 0 Å². The van der Waals surface area contributed by atoms with Crippen LogP contribution in [-0.2, 0) is 11.3 Å². The molecule has 102 valence electrons. The largest absolute Gasteiger partial charge is 0.497 e. The average Bonchev–Trinajstić information content (AvgIpc) is 2.31. The third-order valence-electron chi connectivity index (χ3n) is 2.72. The van der Waals surface area contributed by atoms with E-state index in [-0.39, 0.29) is 6.10 Å². The summed E-state index contributed by atoms with van der Waals surface area (Å²) in [5.74, 6) is 0.794. The maximum Gasteiger partial charge on any atom is 0.120 e. The Morgan fingerprint density at radius 2 is 2.06 bits per heavy atom. The lowest BCUT2D eigenvalue weighted by molar-refractivity contribution is 0.0627. The van der Waals surface area contributed by atoms with Crippen molar-refractivity contribution in [3.05, 3.63) is 23.8 Å². The molecule has 0 saturated carbocycles. The van der Waals surface area contributed by atoms with Crippen LogP contribution in [0.1, 0.15) is 19.4 Å². The molecule has 1 aromatic rings. The smallest absolute Gasteiger partial charge is 0.120 e. The van der Waals surface area contributed by atoms with Crippen molar-refractivity contribution in [2.75, 3.05) is 33.0 Å². The van der Waals surface area contributed by atoms with Gasteiger partial charge in [0.2, 0.25) is 0 Å². The molecule has 2 N–H and O–H groups in total. The molecule has 4 nitrogen and oxygen atoms in total. The number of hydrogen-bond donors (Lipinski definition) is 1. The van der Waals surface area contributed by atoms with Crippen molar-refractivity contribution in [2.45, 2.75) is 26.5 Å². The van der Waals surface area contributed by atoms with E-state index in [9.17, 15) is 0 Å². The fraction of sp³-hybridized carbons (Fsp3) is 0.571. The molecule has 0 radical (unpaired) electrons. The predicted octanol–water partition coefficient (Wildman–Crippen LogP) is 2.13. The molecule has 0 bridgehead atoms. The van der Waals surface area contributed by atoms with Crippen LogP contribution in [0.4, 0.5) is 5.69 Å². The van der Waals surface area contributed by atoms with Crippen molar-refractivity contribution in [3.8, 4) is 5.75 Å². The molecule has 0 amide bonds. The fourth-order valence-electron chi connectivity index (χ4n) is 1.66. The molecule has 0 atom stereocenters. The number of benzene rings is 1. The molecule has 0 aromatic heterocycles. The molecule has 0 unspecified atom stereocenters. The topological polar surface area (TPSA) is 47.7 Å². The second-order valence-electron chi connectivity index (χ2n) is 4.72. The van der Waals surface area contributed by atoms with E-state index in [1.807, 2.05) is 32.0 Å². The van der Waals surface area contributed by atoms with Gasteiger partial charge in [0, 0.05) is 24.8 Å². The number of ether oxygens (including phenoxy) is 2. The van der Waals surface area contributed by atoms with Gasteiger partial charge in [0.05, 0.1) is 19.8 Å². The van der Waals surface area contributed by atoms with Crippen molar-refractivity contribution < 1.29 is 9.47 Å². The summed E-state index contributed by atoms with van der Waals surface area (Å²) >= 11 is 0. The average molecular weight is 252 g/mol. The molecule has 1 aromatic carbocycles. The lowest BCUT2D eigenvalue weighted by Crippen LogP contribution is -2.24. The molecule has 0 fully saturated rings. The number of nitrogens with zero attached hydrogens (tertiary/aromatic N) is 1. The Kier molecular flexibility index (Phi) is 5.95. The Morgan fingerprint density at radius 3 is 2.61 bits per heavy atom. The Hall–Kier alpha value is -1.26. The van der Waals surface area contributed by atoms with Crippen molar-refractivity contribution in [1.82, 2.24) is 4.90 Å². The minimum Gasteiger partial charge on any atom is -0.497 e. The number of nitrogen functional groups attached to an aromatic ring is 1. The van der Waals surface area contributed by atoms with Gasteiger partial charge in [0.15, 0.2) is 0 Å². The van der Waals surface area contributed by atoms with Crippen molar-refractivity contribution >= 4 is 5.69 Å². The van der Waals surface area contributed by atoms with Crippen LogP contribution in [0.15, 0.2) is 18.2 Å². The minimum atomic E-state index is 0.282. The predicted molar refractivity (Wildman–Crippen MR) is 74.8 cm³/mol. The van der Waals surface area contributed by atoms with E-state index in [1.54, 1.807) is 7.11 Å². The monoisotopic (exact) mass is 252 g/mol. The van der Waals surface area contributed by atoms with Crippen molar-refractivity contribution in [2.24, 2.45) is 0 Å². The van der Waals surface area contributed by atoms with Crippen LogP contribution in [-0.4, -0.2) is 38.3 Å². The molecular formula is C14H24N2O2. The summed E-state index contributed by atoms with van der Waals surface area (Å²) in [4.78, 5) is 2.19. The fourth-order valence-corrected chi connectivity index (χ4v) is 1.66. The molecule has 0 aliphatic carbocycles. The summed E-state index contributed by atoms with van der Waals surface area (Å²) in [6.07, 6.45) is 0.282. The number of methoxy groups -OCH3 is 1. The molecule has 0 heterocycles. The zero-order chi connectivity index (χ0) is 13.5. The maximum absolute atomic E-state index is 5.98. The number of hydrogen-bond acceptors (Lipinski definition) is 4. The van der Waals surface area contributed by atoms with Gasteiger partial charge >= 0.3 is 0 Å². The van der Waals surface area contributed by atoms with E-state index in [1.165, 1.54) is 0 Å². The summed E-state index contributed by atoms with van der Waals surface area (Å²) < 4.78 is 10.7. The third kappa shape index (κ3) is 4.94. The quantitative estimate of drug-likeness (QED) is 0.755. The highest BCUT2D eigenvalue weighted by Crippen LogP contribution is 2.20. The lowest BCUT2D eigenvalue weighted by Gasteiger charge is -2.19. The van der Waals surface area contributed by atoms with Gasteiger partial charge in [-0.25, -0.2) is 0 Å². The highest BCUT2D eigenvalue weighted by molar-refractivity contribution is 5.51. The first-order valence-electron chi connectivity index (χ1n) is 6.25. The summed E-state index contributed by atoms with van der Waals surface area (Å²) in [6, 6.07) is 5.80. The Bertz CT molecular complexity index is 367. The Morgan fingerprint density at radius 1 is 1.33 bits per heavy atom. The molecular weight excluding hydrogens is 228 g/mol. The maximum atomic E-state index is 5.98. The van der Waals surface area contributed by atoms with E-state index < -0.39 is 0 Å². The van der Waals surface area contributed by atoms with Gasteiger partial charge in [-0.1, -0.05) is 6.07 Å². The van der Waals surface area contributed by atoms with Gasteiger partial charge in [-0.05, 0) is 32.5 Å². The second-order valence-corrected chi connectivity index (χ2v) is 4.72. The lowest BCUT2D eigenvalue weighted by atomic mass is 10.1. The van der Waals surface area contributed by atoms with E-state index in [0.717, 1.165) is 36.7 Å². The zero-order valence-corrected chi connectivity index (χ0v) is 11.8. The summed E-state index contributed by atoms with van der Waals surface area (Å²) in [5, 5.41) is 0. The van der Waals surface area contributed by atoms with Crippen LogP contribution >= 0.6 is 0 Å². The van der Waals surface area contributed by atoms with E-state index >= 15 is 0 Å². The Balaban J connectivity index is 2.46. The molecule has 0 saturated heterocycles. The van der Waals surface area contributed by atoms with Gasteiger partial charge < -0.3 is 15.2 Å². The van der Waals surface area contributed by atoms with Crippen molar-refractivity contribution in [1.29, 1.82) is 0 Å². The number of anilines is 1. The van der Waals surface area contributed by atoms with Gasteiger partial charge in [0.25, 0.3) is 0 Å². The molecule has 0 aliphatic rings. The zero-order valence-electron chi connectivity index (χ0n) is 11.8. The van der Waals surface area contributed by atoms with Gasteiger partial charge in [-0.2, -0.15) is 0 Å². The molecule has 18 heavy (non-hydrogen) atoms. The number of likely N-dealkylation sites (N-methyl/N-ethyl adjacent to an activating group) is 1. The second kappa shape index (κ2) is 7.24. The first kappa shape index (κ1) is 14.8. The summed E-state index contributed by atoms with van der Waals surface area (Å²) in [5.41, 5.74) is 7.87. The molecule has 0 spiro atoms. The normalized spacial score (nSPS) is 11.2. The van der Waals surface area contributed by atoms with E-state index in [0.29, 0.717) is 0 Å². The highest BCUT2D eigenvalue weighted by Gasteiger charge is 2.05. The summed E-state index contributed by atoms with van der Waals surface area (Å²) in [7, 11) is 3.71. The van der Waals surface area contributed by atoms with Gasteiger partial charge in [-0.15, -0.1) is 0 Å². The SMILES string of the molecule is COc1ccc(CN(C)CCOC(C)C)c(N)c1. The van der Waals surface area contributed by atoms with E-state index in [2.05, 4.69) is 11.9 Å². The first-order chi connectivity index (χ1) is 8.52.